The molecule has 1 aliphatic heterocycles. The summed E-state index contributed by atoms with van der Waals surface area (Å²) in [4.78, 5) is 14.8. The van der Waals surface area contributed by atoms with Crippen LogP contribution in [-0.2, 0) is 11.2 Å². The third-order valence-electron chi connectivity index (χ3n) is 4.78. The third kappa shape index (κ3) is 5.48. The van der Waals surface area contributed by atoms with Gasteiger partial charge in [0.25, 0.3) is 0 Å². The van der Waals surface area contributed by atoms with Crippen LogP contribution in [0.4, 0.5) is 0 Å². The molecule has 1 aliphatic rings. The number of halogens is 1. The first-order valence-electron chi connectivity index (χ1n) is 8.95. The van der Waals surface area contributed by atoms with Gasteiger partial charge in [0.15, 0.2) is 0 Å². The maximum atomic E-state index is 12.3. The molecule has 26 heavy (non-hydrogen) atoms. The highest BCUT2D eigenvalue weighted by Crippen LogP contribution is 2.26. The first-order chi connectivity index (χ1) is 12.3. The molecule has 2 aromatic rings. The predicted octanol–water partition coefficient (Wildman–Crippen LogP) is 3.61. The molecule has 0 saturated carbocycles. The zero-order chi connectivity index (χ0) is 17.5. The van der Waals surface area contributed by atoms with Crippen molar-refractivity contribution in [3.63, 3.8) is 0 Å². The number of amides is 1. The number of benzene rings is 2. The Morgan fingerprint density at radius 2 is 1.73 bits per heavy atom. The van der Waals surface area contributed by atoms with Crippen molar-refractivity contribution in [3.8, 4) is 5.75 Å². The van der Waals surface area contributed by atoms with Gasteiger partial charge in [0.1, 0.15) is 5.75 Å². The highest BCUT2D eigenvalue weighted by atomic mass is 35.5. The minimum atomic E-state index is 0. The number of nitrogens with zero attached hydrogens (tertiary/aromatic N) is 1. The Morgan fingerprint density at radius 1 is 1.08 bits per heavy atom. The van der Waals surface area contributed by atoms with Gasteiger partial charge in [-0.25, -0.2) is 0 Å². The summed E-state index contributed by atoms with van der Waals surface area (Å²) in [6.45, 7) is 2.81. The van der Waals surface area contributed by atoms with E-state index in [1.165, 1.54) is 18.4 Å². The van der Waals surface area contributed by atoms with Crippen LogP contribution in [-0.4, -0.2) is 37.6 Å². The molecule has 5 heteroatoms. The second-order valence-corrected chi connectivity index (χ2v) is 6.50. The average molecular weight is 375 g/mol. The van der Waals surface area contributed by atoms with Crippen LogP contribution in [0.25, 0.3) is 0 Å². The maximum Gasteiger partial charge on any atom is 0.224 e. The number of nitrogens with one attached hydrogen (secondary N) is 1. The molecule has 2 aromatic carbocycles. The quantitative estimate of drug-likeness (QED) is 0.804. The Bertz CT molecular complexity index is 670. The Balaban J connectivity index is 0.00000243. The van der Waals surface area contributed by atoms with E-state index in [4.69, 9.17) is 4.74 Å². The van der Waals surface area contributed by atoms with E-state index in [0.29, 0.717) is 13.0 Å². The van der Waals surface area contributed by atoms with Gasteiger partial charge < -0.3 is 10.1 Å². The van der Waals surface area contributed by atoms with Crippen molar-refractivity contribution in [2.24, 2.45) is 0 Å². The lowest BCUT2D eigenvalue weighted by molar-refractivity contribution is -0.120. The molecule has 0 bridgehead atoms. The first-order valence-corrected chi connectivity index (χ1v) is 8.95. The molecule has 1 heterocycles. The second-order valence-electron chi connectivity index (χ2n) is 6.50. The van der Waals surface area contributed by atoms with Crippen LogP contribution in [0.1, 0.15) is 30.0 Å². The van der Waals surface area contributed by atoms with Crippen LogP contribution >= 0.6 is 12.4 Å². The van der Waals surface area contributed by atoms with Gasteiger partial charge in [0.05, 0.1) is 19.6 Å². The highest BCUT2D eigenvalue weighted by Gasteiger charge is 2.24. The SMILES string of the molecule is COc1ccc(C(CNC(=O)Cc2ccccc2)N2CCCC2)cc1.Cl. The van der Waals surface area contributed by atoms with Crippen molar-refractivity contribution in [1.29, 1.82) is 0 Å². The van der Waals surface area contributed by atoms with E-state index in [1.807, 2.05) is 42.5 Å². The van der Waals surface area contributed by atoms with Crippen LogP contribution in [0.3, 0.4) is 0 Å². The minimum absolute atomic E-state index is 0. The van der Waals surface area contributed by atoms with E-state index < -0.39 is 0 Å². The van der Waals surface area contributed by atoms with Crippen molar-refractivity contribution < 1.29 is 9.53 Å². The molecule has 1 N–H and O–H groups in total. The summed E-state index contributed by atoms with van der Waals surface area (Å²) in [5.74, 6) is 0.931. The average Bonchev–Trinajstić information content (AvgIpc) is 3.18. The molecule has 4 nitrogen and oxygen atoms in total. The van der Waals surface area contributed by atoms with Gasteiger partial charge in [-0.2, -0.15) is 0 Å². The number of carbonyl (C=O) groups is 1. The normalized spacial score (nSPS) is 15.1. The van der Waals surface area contributed by atoms with Crippen LogP contribution in [0.15, 0.2) is 54.6 Å². The van der Waals surface area contributed by atoms with Crippen LogP contribution in [0.2, 0.25) is 0 Å². The topological polar surface area (TPSA) is 41.6 Å². The van der Waals surface area contributed by atoms with Gasteiger partial charge in [-0.1, -0.05) is 42.5 Å². The molecule has 1 unspecified atom stereocenters. The molecule has 0 spiro atoms. The molecule has 0 aliphatic carbocycles. The van der Waals surface area contributed by atoms with E-state index >= 15 is 0 Å². The zero-order valence-corrected chi connectivity index (χ0v) is 16.0. The summed E-state index contributed by atoms with van der Waals surface area (Å²) in [5, 5.41) is 3.12. The molecule has 0 aromatic heterocycles. The van der Waals surface area contributed by atoms with Crippen molar-refractivity contribution in [2.45, 2.75) is 25.3 Å². The van der Waals surface area contributed by atoms with Gasteiger partial charge in [-0.3, -0.25) is 9.69 Å². The Morgan fingerprint density at radius 3 is 2.35 bits per heavy atom. The largest absolute Gasteiger partial charge is 0.497 e. The summed E-state index contributed by atoms with van der Waals surface area (Å²) in [5.41, 5.74) is 2.27. The number of likely N-dealkylation sites (tertiary alicyclic amines) is 1. The molecule has 1 saturated heterocycles. The molecule has 3 rings (SSSR count). The molecular formula is C21H27ClN2O2. The Hall–Kier alpha value is -2.04. The zero-order valence-electron chi connectivity index (χ0n) is 15.2. The molecule has 1 fully saturated rings. The fourth-order valence-corrected chi connectivity index (χ4v) is 3.39. The molecule has 0 radical (unpaired) electrons. The minimum Gasteiger partial charge on any atom is -0.497 e. The first kappa shape index (κ1) is 20.3. The van der Waals surface area contributed by atoms with Gasteiger partial charge >= 0.3 is 0 Å². The monoisotopic (exact) mass is 374 g/mol. The maximum absolute atomic E-state index is 12.3. The summed E-state index contributed by atoms with van der Waals surface area (Å²) in [7, 11) is 1.68. The van der Waals surface area contributed by atoms with Crippen molar-refractivity contribution in [3.05, 3.63) is 65.7 Å². The molecular weight excluding hydrogens is 348 g/mol. The van der Waals surface area contributed by atoms with Crippen molar-refractivity contribution in [1.82, 2.24) is 10.2 Å². The van der Waals surface area contributed by atoms with E-state index in [-0.39, 0.29) is 24.4 Å². The fourth-order valence-electron chi connectivity index (χ4n) is 3.39. The van der Waals surface area contributed by atoms with E-state index in [0.717, 1.165) is 24.4 Å². The van der Waals surface area contributed by atoms with Crippen LogP contribution in [0.5, 0.6) is 5.75 Å². The number of hydrogen-bond donors (Lipinski definition) is 1. The fraction of sp³-hybridized carbons (Fsp3) is 0.381. The summed E-state index contributed by atoms with van der Waals surface area (Å²) in [6.07, 6.45) is 2.88. The molecule has 1 amide bonds. The second kappa shape index (κ2) is 10.2. The van der Waals surface area contributed by atoms with Gasteiger partial charge in [-0.15, -0.1) is 12.4 Å². The number of carbonyl (C=O) groups excluding carboxylic acids is 1. The number of rotatable bonds is 7. The van der Waals surface area contributed by atoms with Crippen LogP contribution < -0.4 is 10.1 Å². The van der Waals surface area contributed by atoms with E-state index in [9.17, 15) is 4.79 Å². The Kier molecular flexibility index (Phi) is 7.95. The molecule has 1 atom stereocenters. The third-order valence-corrected chi connectivity index (χ3v) is 4.78. The number of hydrogen-bond acceptors (Lipinski definition) is 3. The summed E-state index contributed by atoms with van der Waals surface area (Å²) < 4.78 is 5.26. The van der Waals surface area contributed by atoms with Gasteiger partial charge in [0.2, 0.25) is 5.91 Å². The van der Waals surface area contributed by atoms with Crippen molar-refractivity contribution in [2.75, 3.05) is 26.7 Å². The van der Waals surface area contributed by atoms with Crippen LogP contribution in [0, 0.1) is 0 Å². The summed E-state index contributed by atoms with van der Waals surface area (Å²) in [6, 6.07) is 18.3. The van der Waals surface area contributed by atoms with Gasteiger partial charge in [0, 0.05) is 6.54 Å². The number of methoxy groups -OCH3 is 1. The van der Waals surface area contributed by atoms with E-state index in [1.54, 1.807) is 7.11 Å². The van der Waals surface area contributed by atoms with Crippen molar-refractivity contribution >= 4 is 18.3 Å². The lowest BCUT2D eigenvalue weighted by Crippen LogP contribution is -2.37. The van der Waals surface area contributed by atoms with Gasteiger partial charge in [-0.05, 0) is 49.2 Å². The molecule has 140 valence electrons. The standard InChI is InChI=1S/C21H26N2O2.ClH/c1-25-19-11-9-18(10-12-19)20(23-13-5-6-14-23)16-22-21(24)15-17-7-3-2-4-8-17;/h2-4,7-12,20H,5-6,13-16H2,1H3,(H,22,24);1H. The lowest BCUT2D eigenvalue weighted by atomic mass is 10.0. The summed E-state index contributed by atoms with van der Waals surface area (Å²) >= 11 is 0. The number of ether oxygens (including phenoxy) is 1. The van der Waals surface area contributed by atoms with E-state index in [2.05, 4.69) is 22.3 Å². The smallest absolute Gasteiger partial charge is 0.224 e. The Labute approximate surface area is 162 Å². The lowest BCUT2D eigenvalue weighted by Gasteiger charge is -2.28. The predicted molar refractivity (Wildman–Crippen MR) is 107 cm³/mol. The highest BCUT2D eigenvalue weighted by molar-refractivity contribution is 5.85.